The molecule has 2 atom stereocenters. The first-order valence-electron chi connectivity index (χ1n) is 11.2. The topological polar surface area (TPSA) is 38.1 Å². The number of amides is 1. The Morgan fingerprint density at radius 2 is 1.94 bits per heavy atom. The van der Waals surface area contributed by atoms with E-state index < -0.39 is 0 Å². The van der Waals surface area contributed by atoms with Crippen LogP contribution in [0.4, 0.5) is 0 Å². The minimum Gasteiger partial charge on any atom is -0.334 e. The average Bonchev–Trinajstić information content (AvgIpc) is 3.38. The molecule has 3 heterocycles. The number of likely N-dealkylation sites (tertiary alicyclic amines) is 1. The van der Waals surface area contributed by atoms with E-state index in [-0.39, 0.29) is 16.7 Å². The number of rotatable bonds is 3. The first kappa shape index (κ1) is 20.5. The molecule has 0 spiro atoms. The summed E-state index contributed by atoms with van der Waals surface area (Å²) in [6.45, 7) is 12.1. The molecule has 2 unspecified atom stereocenters. The fourth-order valence-corrected chi connectivity index (χ4v) is 6.83. The van der Waals surface area contributed by atoms with Gasteiger partial charge in [0.1, 0.15) is 11.4 Å². The van der Waals surface area contributed by atoms with Gasteiger partial charge in [0.15, 0.2) is 0 Å². The summed E-state index contributed by atoms with van der Waals surface area (Å²) in [4.78, 5) is 17.2. The van der Waals surface area contributed by atoms with Crippen LogP contribution in [-0.4, -0.2) is 33.2 Å². The van der Waals surface area contributed by atoms with Gasteiger partial charge in [-0.1, -0.05) is 44.5 Å². The minimum absolute atomic E-state index is 0.113. The molecule has 31 heavy (non-hydrogen) atoms. The minimum atomic E-state index is 0.113. The Morgan fingerprint density at radius 1 is 1.13 bits per heavy atom. The molecule has 3 aromatic rings. The van der Waals surface area contributed by atoms with E-state index in [9.17, 15) is 4.79 Å². The highest BCUT2D eigenvalue weighted by atomic mass is 32.1. The van der Waals surface area contributed by atoms with Crippen LogP contribution in [0.5, 0.6) is 0 Å². The van der Waals surface area contributed by atoms with Crippen LogP contribution in [0.3, 0.4) is 0 Å². The molecule has 1 aliphatic heterocycles. The van der Waals surface area contributed by atoms with Gasteiger partial charge < -0.3 is 4.90 Å². The van der Waals surface area contributed by atoms with E-state index in [1.807, 2.05) is 16.8 Å². The summed E-state index contributed by atoms with van der Waals surface area (Å²) < 4.78 is 1.88. The third-order valence-electron chi connectivity index (χ3n) is 6.96. The normalized spacial score (nSPS) is 24.5. The van der Waals surface area contributed by atoms with Gasteiger partial charge in [0.2, 0.25) is 0 Å². The van der Waals surface area contributed by atoms with Gasteiger partial charge in [-0.3, -0.25) is 4.79 Å². The maximum atomic E-state index is 14.0. The number of hydrogen-bond acceptors (Lipinski definition) is 3. The van der Waals surface area contributed by atoms with Gasteiger partial charge in [-0.2, -0.15) is 5.10 Å². The Bertz CT molecular complexity index is 1140. The van der Waals surface area contributed by atoms with Gasteiger partial charge in [-0.05, 0) is 73.1 Å². The van der Waals surface area contributed by atoms with Crippen molar-refractivity contribution in [3.05, 3.63) is 58.6 Å². The quantitative estimate of drug-likeness (QED) is 0.489. The molecule has 5 rings (SSSR count). The van der Waals surface area contributed by atoms with Gasteiger partial charge >= 0.3 is 0 Å². The molecular weight excluding hydrogens is 402 g/mol. The predicted octanol–water partition coefficient (Wildman–Crippen LogP) is 6.26. The second-order valence-corrected chi connectivity index (χ2v) is 11.7. The molecule has 1 aromatic carbocycles. The third kappa shape index (κ3) is 3.63. The first-order valence-corrected chi connectivity index (χ1v) is 12.0. The second kappa shape index (κ2) is 7.06. The lowest BCUT2D eigenvalue weighted by molar-refractivity contribution is 0.0699. The number of aromatic nitrogens is 2. The molecule has 1 aliphatic carbocycles. The number of thiophene rings is 1. The fraction of sp³-hybridized carbons (Fsp3) is 0.462. The zero-order valence-corrected chi connectivity index (χ0v) is 19.9. The largest absolute Gasteiger partial charge is 0.334 e. The number of carbonyl (C=O) groups excluding carboxylic acids is 1. The molecule has 1 saturated carbocycles. The Balaban J connectivity index is 1.59. The zero-order valence-electron chi connectivity index (χ0n) is 19.1. The number of hydrogen-bond donors (Lipinski definition) is 0. The molecule has 1 saturated heterocycles. The van der Waals surface area contributed by atoms with E-state index in [0.29, 0.717) is 11.7 Å². The molecule has 0 radical (unpaired) electrons. The molecule has 5 heteroatoms. The molecule has 2 fully saturated rings. The molecule has 1 amide bonds. The van der Waals surface area contributed by atoms with E-state index in [4.69, 9.17) is 5.10 Å². The van der Waals surface area contributed by atoms with Crippen LogP contribution in [0.25, 0.3) is 16.3 Å². The van der Waals surface area contributed by atoms with Crippen molar-refractivity contribution in [3.8, 4) is 16.3 Å². The molecule has 4 nitrogen and oxygen atoms in total. The lowest BCUT2D eigenvalue weighted by atomic mass is 9.65. The van der Waals surface area contributed by atoms with Gasteiger partial charge in [-0.15, -0.1) is 11.3 Å². The smallest absolute Gasteiger partial charge is 0.272 e. The van der Waals surface area contributed by atoms with Crippen LogP contribution in [0.15, 0.2) is 41.8 Å². The van der Waals surface area contributed by atoms with Gasteiger partial charge in [0, 0.05) is 12.6 Å². The standard InChI is InChI=1S/C26H31N3OS/c1-17-8-9-21(18(2)11-17)29-22(12-20(27-29)23-7-6-10-31-23)24(30)28-16-26(5)14-19(28)13-25(3,4)15-26/h6-12,19H,13-16H2,1-5H3. The highest BCUT2D eigenvalue weighted by Crippen LogP contribution is 2.52. The Kier molecular flexibility index (Phi) is 4.67. The molecule has 2 bridgehead atoms. The molecular formula is C26H31N3OS. The first-order chi connectivity index (χ1) is 14.6. The summed E-state index contributed by atoms with van der Waals surface area (Å²) in [6, 6.07) is 12.7. The van der Waals surface area contributed by atoms with Crippen molar-refractivity contribution in [1.29, 1.82) is 0 Å². The van der Waals surface area contributed by atoms with Crippen LogP contribution in [0.2, 0.25) is 0 Å². The Labute approximate surface area is 188 Å². The SMILES string of the molecule is Cc1ccc(-n2nc(-c3cccs3)cc2C(=O)N2CC3(C)CC2CC(C)(C)C3)c(C)c1. The summed E-state index contributed by atoms with van der Waals surface area (Å²) >= 11 is 1.66. The number of benzene rings is 1. The molecule has 162 valence electrons. The fourth-order valence-electron chi connectivity index (χ4n) is 6.15. The van der Waals surface area contributed by atoms with Crippen molar-refractivity contribution < 1.29 is 4.79 Å². The van der Waals surface area contributed by atoms with E-state index in [0.717, 1.165) is 41.2 Å². The van der Waals surface area contributed by atoms with E-state index >= 15 is 0 Å². The maximum absolute atomic E-state index is 14.0. The number of carbonyl (C=O) groups is 1. The number of aryl methyl sites for hydroxylation is 2. The monoisotopic (exact) mass is 433 g/mol. The van der Waals surface area contributed by atoms with Crippen LogP contribution < -0.4 is 0 Å². The van der Waals surface area contributed by atoms with E-state index in [1.54, 1.807) is 11.3 Å². The second-order valence-electron chi connectivity index (χ2n) is 10.7. The lowest BCUT2D eigenvalue weighted by Crippen LogP contribution is -2.38. The Morgan fingerprint density at radius 3 is 2.65 bits per heavy atom. The van der Waals surface area contributed by atoms with E-state index in [1.165, 1.54) is 12.0 Å². The van der Waals surface area contributed by atoms with Gasteiger partial charge in [0.25, 0.3) is 5.91 Å². The lowest BCUT2D eigenvalue weighted by Gasteiger charge is -2.39. The molecule has 0 N–H and O–H groups in total. The van der Waals surface area contributed by atoms with Crippen LogP contribution in [-0.2, 0) is 0 Å². The predicted molar refractivity (Wildman–Crippen MR) is 127 cm³/mol. The summed E-state index contributed by atoms with van der Waals surface area (Å²) in [5, 5.41) is 6.97. The molecule has 2 aromatic heterocycles. The van der Waals surface area contributed by atoms with Crippen molar-refractivity contribution >= 4 is 17.2 Å². The van der Waals surface area contributed by atoms with Crippen molar-refractivity contribution in [3.63, 3.8) is 0 Å². The zero-order chi connectivity index (χ0) is 22.0. The van der Waals surface area contributed by atoms with Crippen molar-refractivity contribution in [2.75, 3.05) is 6.54 Å². The third-order valence-corrected chi connectivity index (χ3v) is 7.85. The van der Waals surface area contributed by atoms with Crippen LogP contribution in [0.1, 0.15) is 61.6 Å². The number of fused-ring (bicyclic) bond motifs is 2. The summed E-state index contributed by atoms with van der Waals surface area (Å²) in [5.41, 5.74) is 5.35. The summed E-state index contributed by atoms with van der Waals surface area (Å²) in [6.07, 6.45) is 3.36. The number of nitrogens with zero attached hydrogens (tertiary/aromatic N) is 3. The van der Waals surface area contributed by atoms with E-state index in [2.05, 4.69) is 69.2 Å². The van der Waals surface area contributed by atoms with Crippen LogP contribution in [0, 0.1) is 24.7 Å². The van der Waals surface area contributed by atoms with Gasteiger partial charge in [0.05, 0.1) is 10.6 Å². The van der Waals surface area contributed by atoms with Crippen molar-refractivity contribution in [2.45, 2.75) is 59.9 Å². The Hall–Kier alpha value is -2.40. The summed E-state index contributed by atoms with van der Waals surface area (Å²) in [7, 11) is 0. The highest BCUT2D eigenvalue weighted by molar-refractivity contribution is 7.13. The maximum Gasteiger partial charge on any atom is 0.272 e. The summed E-state index contributed by atoms with van der Waals surface area (Å²) in [5.74, 6) is 0.113. The van der Waals surface area contributed by atoms with Crippen LogP contribution >= 0.6 is 11.3 Å². The average molecular weight is 434 g/mol. The van der Waals surface area contributed by atoms with Crippen molar-refractivity contribution in [2.24, 2.45) is 10.8 Å². The molecule has 2 aliphatic rings. The highest BCUT2D eigenvalue weighted by Gasteiger charge is 2.51. The van der Waals surface area contributed by atoms with Crippen molar-refractivity contribution in [1.82, 2.24) is 14.7 Å². The van der Waals surface area contributed by atoms with Gasteiger partial charge in [-0.25, -0.2) is 4.68 Å².